The summed E-state index contributed by atoms with van der Waals surface area (Å²) in [5.41, 5.74) is 6.18. The number of nitrogens with two attached hydrogens (primary N) is 1. The van der Waals surface area contributed by atoms with Crippen molar-refractivity contribution in [1.82, 2.24) is 0 Å². The van der Waals surface area contributed by atoms with Crippen molar-refractivity contribution in [3.05, 3.63) is 24.3 Å². The minimum absolute atomic E-state index is 0.244. The quantitative estimate of drug-likeness (QED) is 0.102. The average Bonchev–Trinajstić information content (AvgIpc) is 3.39. The highest BCUT2D eigenvalue weighted by Crippen LogP contribution is 2.43. The van der Waals surface area contributed by atoms with Crippen LogP contribution in [0.4, 0.5) is 0 Å². The van der Waals surface area contributed by atoms with Crippen LogP contribution < -0.4 is 5.73 Å². The first kappa shape index (κ1) is 32.6. The van der Waals surface area contributed by atoms with Crippen molar-refractivity contribution in [3.8, 4) is 0 Å². The second-order valence-electron chi connectivity index (χ2n) is 12.0. The zero-order valence-electron chi connectivity index (χ0n) is 24.9. The minimum Gasteiger partial charge on any atom is -0.344 e. The summed E-state index contributed by atoms with van der Waals surface area (Å²) < 4.78 is 13.2. The first-order chi connectivity index (χ1) is 18.2. The number of hydrogen-bond acceptors (Lipinski definition) is 3. The van der Waals surface area contributed by atoms with Gasteiger partial charge >= 0.3 is 0 Å². The maximum atomic E-state index is 6.61. The van der Waals surface area contributed by atoms with Gasteiger partial charge in [-0.2, -0.15) is 0 Å². The van der Waals surface area contributed by atoms with Crippen LogP contribution in [-0.2, 0) is 9.47 Å². The molecule has 2 N–H and O–H groups in total. The lowest BCUT2D eigenvalue weighted by atomic mass is 9.98. The van der Waals surface area contributed by atoms with E-state index in [9.17, 15) is 0 Å². The Morgan fingerprint density at radius 1 is 0.568 bits per heavy atom. The van der Waals surface area contributed by atoms with Crippen LogP contribution in [0.2, 0.25) is 0 Å². The number of hydrogen-bond donors (Lipinski definition) is 1. The molecule has 1 heterocycles. The fourth-order valence-electron chi connectivity index (χ4n) is 6.10. The number of unbranched alkanes of at least 4 members (excludes halogenated alkanes) is 16. The second-order valence-corrected chi connectivity index (χ2v) is 12.0. The van der Waals surface area contributed by atoms with E-state index in [2.05, 4.69) is 38.2 Å². The summed E-state index contributed by atoms with van der Waals surface area (Å²) >= 11 is 0. The fraction of sp³-hybridized carbons (Fsp3) is 0.882. The molecular weight excluding hydrogens is 454 g/mol. The first-order valence-corrected chi connectivity index (χ1v) is 16.6. The molecule has 0 spiro atoms. The van der Waals surface area contributed by atoms with Gasteiger partial charge in [0.05, 0.1) is 12.2 Å². The van der Waals surface area contributed by atoms with E-state index in [1.54, 1.807) is 0 Å². The molecule has 1 saturated carbocycles. The summed E-state index contributed by atoms with van der Waals surface area (Å²) in [6, 6.07) is 0.262. The Balaban J connectivity index is 1.52. The van der Waals surface area contributed by atoms with Gasteiger partial charge in [0, 0.05) is 18.9 Å². The fourth-order valence-corrected chi connectivity index (χ4v) is 6.10. The molecule has 1 aliphatic heterocycles. The van der Waals surface area contributed by atoms with Crippen LogP contribution >= 0.6 is 0 Å². The van der Waals surface area contributed by atoms with E-state index in [1.807, 2.05) is 0 Å². The lowest BCUT2D eigenvalue weighted by Gasteiger charge is -2.30. The summed E-state index contributed by atoms with van der Waals surface area (Å²) in [6.07, 6.45) is 40.3. The van der Waals surface area contributed by atoms with Crippen molar-refractivity contribution >= 4 is 0 Å². The third-order valence-corrected chi connectivity index (χ3v) is 8.39. The van der Waals surface area contributed by atoms with Crippen LogP contribution in [0.15, 0.2) is 24.3 Å². The Labute approximate surface area is 231 Å². The van der Waals surface area contributed by atoms with Crippen molar-refractivity contribution in [2.45, 2.75) is 192 Å². The highest BCUT2D eigenvalue weighted by atomic mass is 16.8. The van der Waals surface area contributed by atoms with E-state index >= 15 is 0 Å². The average molecular weight is 518 g/mol. The summed E-state index contributed by atoms with van der Waals surface area (Å²) in [7, 11) is 0. The minimum atomic E-state index is -0.313. The van der Waals surface area contributed by atoms with E-state index in [0.717, 1.165) is 32.1 Å². The molecular formula is C34H63NO2. The monoisotopic (exact) mass is 517 g/mol. The summed E-state index contributed by atoms with van der Waals surface area (Å²) in [6.45, 7) is 4.56. The summed E-state index contributed by atoms with van der Waals surface area (Å²) in [5.74, 6) is -0.313. The normalized spacial score (nSPS) is 25.6. The Hall–Kier alpha value is -0.640. The van der Waals surface area contributed by atoms with Crippen LogP contribution in [0, 0.1) is 0 Å². The molecule has 2 aliphatic rings. The molecule has 0 bridgehead atoms. The molecule has 37 heavy (non-hydrogen) atoms. The molecule has 3 heteroatoms. The van der Waals surface area contributed by atoms with E-state index < -0.39 is 0 Å². The molecule has 2 rings (SSSR count). The van der Waals surface area contributed by atoms with Gasteiger partial charge in [0.15, 0.2) is 5.79 Å². The van der Waals surface area contributed by atoms with Crippen LogP contribution in [0.1, 0.15) is 168 Å². The number of ether oxygens (including phenoxy) is 2. The molecule has 2 unspecified atom stereocenters. The molecule has 0 aromatic rings. The second kappa shape index (κ2) is 21.2. The van der Waals surface area contributed by atoms with Gasteiger partial charge in [0.2, 0.25) is 0 Å². The van der Waals surface area contributed by atoms with Crippen LogP contribution in [-0.4, -0.2) is 24.0 Å². The molecule has 0 radical (unpaired) electrons. The first-order valence-electron chi connectivity index (χ1n) is 16.6. The SMILES string of the molecule is CCCCC/C=C\C/C=C\CCCCCCCCC1(CCCCCCCCCC)O[C@H]2CC(N)C[C@H]2O1. The number of rotatable bonds is 24. The van der Waals surface area contributed by atoms with Gasteiger partial charge in [-0.15, -0.1) is 0 Å². The molecule has 216 valence electrons. The Bertz CT molecular complexity index is 572. The molecule has 0 aromatic heterocycles. The van der Waals surface area contributed by atoms with Crippen molar-refractivity contribution in [2.75, 3.05) is 0 Å². The van der Waals surface area contributed by atoms with Gasteiger partial charge in [0.25, 0.3) is 0 Å². The standard InChI is InChI=1S/C34H63NO2/c1-3-5-7-9-11-13-14-15-16-17-18-19-20-22-24-26-28-34(27-25-23-21-12-10-8-6-4-2)36-32-29-31(35)30-33(32)37-34/h11,13,15-16,31-33H,3-10,12,14,17-30,35H2,1-2H3/b13-11-,16-15-/t31?,32-,33+,34?. The molecule has 3 nitrogen and oxygen atoms in total. The van der Waals surface area contributed by atoms with Gasteiger partial charge in [-0.25, -0.2) is 0 Å². The van der Waals surface area contributed by atoms with E-state index in [4.69, 9.17) is 15.2 Å². The van der Waals surface area contributed by atoms with Crippen molar-refractivity contribution in [1.29, 1.82) is 0 Å². The van der Waals surface area contributed by atoms with E-state index in [1.165, 1.54) is 122 Å². The maximum Gasteiger partial charge on any atom is 0.169 e. The Kier molecular flexibility index (Phi) is 18.7. The van der Waals surface area contributed by atoms with Gasteiger partial charge in [-0.1, -0.05) is 122 Å². The molecule has 2 fully saturated rings. The zero-order chi connectivity index (χ0) is 26.4. The molecule has 4 atom stereocenters. The van der Waals surface area contributed by atoms with Crippen LogP contribution in [0.5, 0.6) is 0 Å². The molecule has 0 amide bonds. The summed E-state index contributed by atoms with van der Waals surface area (Å²) in [4.78, 5) is 0. The highest BCUT2D eigenvalue weighted by Gasteiger charge is 2.50. The summed E-state index contributed by atoms with van der Waals surface area (Å²) in [5, 5.41) is 0. The largest absolute Gasteiger partial charge is 0.344 e. The molecule has 1 saturated heterocycles. The van der Waals surface area contributed by atoms with Gasteiger partial charge in [-0.05, 0) is 57.8 Å². The molecule has 0 aromatic carbocycles. The predicted molar refractivity (Wildman–Crippen MR) is 161 cm³/mol. The van der Waals surface area contributed by atoms with Gasteiger partial charge < -0.3 is 15.2 Å². The third kappa shape index (κ3) is 14.9. The van der Waals surface area contributed by atoms with Crippen molar-refractivity contribution < 1.29 is 9.47 Å². The van der Waals surface area contributed by atoms with E-state index in [0.29, 0.717) is 0 Å². The Morgan fingerprint density at radius 2 is 0.973 bits per heavy atom. The number of allylic oxidation sites excluding steroid dienone is 4. The molecule has 1 aliphatic carbocycles. The predicted octanol–water partition coefficient (Wildman–Crippen LogP) is 10.3. The lowest BCUT2D eigenvalue weighted by Crippen LogP contribution is -2.33. The van der Waals surface area contributed by atoms with E-state index in [-0.39, 0.29) is 24.0 Å². The lowest BCUT2D eigenvalue weighted by molar-refractivity contribution is -0.191. The topological polar surface area (TPSA) is 44.5 Å². The Morgan fingerprint density at radius 3 is 1.49 bits per heavy atom. The van der Waals surface area contributed by atoms with Crippen molar-refractivity contribution in [3.63, 3.8) is 0 Å². The number of fused-ring (bicyclic) bond motifs is 1. The van der Waals surface area contributed by atoms with Gasteiger partial charge in [-0.3, -0.25) is 0 Å². The van der Waals surface area contributed by atoms with Crippen molar-refractivity contribution in [2.24, 2.45) is 5.73 Å². The highest BCUT2D eigenvalue weighted by molar-refractivity contribution is 4.95. The van der Waals surface area contributed by atoms with Gasteiger partial charge in [0.1, 0.15) is 0 Å². The van der Waals surface area contributed by atoms with Crippen LogP contribution in [0.25, 0.3) is 0 Å². The zero-order valence-corrected chi connectivity index (χ0v) is 24.9. The maximum absolute atomic E-state index is 6.61. The van der Waals surface area contributed by atoms with Crippen LogP contribution in [0.3, 0.4) is 0 Å². The third-order valence-electron chi connectivity index (χ3n) is 8.39. The smallest absolute Gasteiger partial charge is 0.169 e.